The van der Waals surface area contributed by atoms with Crippen molar-refractivity contribution in [3.63, 3.8) is 0 Å². The van der Waals surface area contributed by atoms with Crippen molar-refractivity contribution >= 4 is 15.8 Å². The van der Waals surface area contributed by atoms with Gasteiger partial charge in [-0.2, -0.15) is 5.26 Å². The SMILES string of the molecule is C=C(C)C[C@@H]1CC[C@]2(NCCC3(O)CCC(S(C)(=O)=O)CC3)CC[C@]3(C)[C@H](CC[C@@H]4[C@@]5(C)CC=C(C6=CC[C@@](COc7ncccc7C#N)(C(=O)O)CC6)C(C)(C)[C@@H]5CC[C@]43C)[C@@H]12. The number of carboxylic acids is 1. The Morgan fingerprint density at radius 1 is 0.952 bits per heavy atom. The number of sulfone groups is 1. The lowest BCUT2D eigenvalue weighted by Gasteiger charge is -2.72. The van der Waals surface area contributed by atoms with Gasteiger partial charge < -0.3 is 20.3 Å². The van der Waals surface area contributed by atoms with Gasteiger partial charge in [0.05, 0.1) is 10.9 Å². The monoisotopic (exact) mass is 884 g/mol. The van der Waals surface area contributed by atoms with E-state index in [1.807, 2.05) is 0 Å². The number of nitriles is 1. The van der Waals surface area contributed by atoms with Gasteiger partial charge in [-0.15, -0.1) is 6.58 Å². The van der Waals surface area contributed by atoms with Gasteiger partial charge in [-0.05, 0) is 204 Å². The fraction of sp³-hybridized carbons (Fsp3) is 0.755. The minimum absolute atomic E-state index is 0.0222. The van der Waals surface area contributed by atoms with E-state index in [4.69, 9.17) is 4.74 Å². The summed E-state index contributed by atoms with van der Waals surface area (Å²) in [5.41, 5.74) is 3.05. The molecule has 10 atom stereocenters. The van der Waals surface area contributed by atoms with Gasteiger partial charge in [-0.3, -0.25) is 4.79 Å². The van der Waals surface area contributed by atoms with Crippen molar-refractivity contribution in [2.24, 2.45) is 56.7 Å². The summed E-state index contributed by atoms with van der Waals surface area (Å²) >= 11 is 0. The third-order valence-corrected chi connectivity index (χ3v) is 21.8. The maximum Gasteiger partial charge on any atom is 0.313 e. The molecule has 0 aromatic carbocycles. The molecule has 1 aromatic rings. The molecule has 9 nitrogen and oxygen atoms in total. The molecule has 5 saturated carbocycles. The summed E-state index contributed by atoms with van der Waals surface area (Å²) in [5, 5.41) is 35.6. The van der Waals surface area contributed by atoms with Crippen LogP contribution in [0, 0.1) is 68.0 Å². The molecule has 63 heavy (non-hydrogen) atoms. The zero-order chi connectivity index (χ0) is 45.4. The lowest BCUT2D eigenvalue weighted by Crippen LogP contribution is -2.68. The number of ether oxygens (including phenoxy) is 1. The van der Waals surface area contributed by atoms with Gasteiger partial charge in [-0.25, -0.2) is 13.4 Å². The summed E-state index contributed by atoms with van der Waals surface area (Å²) in [6.07, 6.45) is 24.0. The predicted octanol–water partition coefficient (Wildman–Crippen LogP) is 10.5. The first-order valence-corrected chi connectivity index (χ1v) is 26.4. The van der Waals surface area contributed by atoms with E-state index in [-0.39, 0.29) is 44.9 Å². The van der Waals surface area contributed by atoms with Crippen LogP contribution < -0.4 is 10.1 Å². The summed E-state index contributed by atoms with van der Waals surface area (Å²) in [6, 6.07) is 5.43. The molecule has 1 aromatic heterocycles. The van der Waals surface area contributed by atoms with Gasteiger partial charge >= 0.3 is 5.97 Å². The second-order valence-corrected chi connectivity index (χ2v) is 25.9. The Hall–Kier alpha value is -3.00. The molecular weight excluding hydrogens is 807 g/mol. The third kappa shape index (κ3) is 7.78. The molecule has 0 spiro atoms. The zero-order valence-electron chi connectivity index (χ0n) is 39.5. The first kappa shape index (κ1) is 46.5. The van der Waals surface area contributed by atoms with E-state index >= 15 is 0 Å². The largest absolute Gasteiger partial charge is 0.481 e. The quantitative estimate of drug-likeness (QED) is 0.174. The number of pyridine rings is 1. The molecule has 0 amide bonds. The number of allylic oxidation sites excluding steroid dienone is 5. The van der Waals surface area contributed by atoms with E-state index in [2.05, 4.69) is 76.6 Å². The van der Waals surface area contributed by atoms with Crippen molar-refractivity contribution < 1.29 is 28.2 Å². The fourth-order valence-electron chi connectivity index (χ4n) is 16.5. The van der Waals surface area contributed by atoms with E-state index in [9.17, 15) is 28.7 Å². The molecule has 0 unspecified atom stereocenters. The number of aromatic nitrogens is 1. The first-order valence-electron chi connectivity index (χ1n) is 24.5. The van der Waals surface area contributed by atoms with Gasteiger partial charge in [0.1, 0.15) is 33.5 Å². The minimum Gasteiger partial charge on any atom is -0.481 e. The second-order valence-electron chi connectivity index (χ2n) is 23.6. The first-order chi connectivity index (χ1) is 29.6. The number of hydrogen-bond acceptors (Lipinski definition) is 8. The Bertz CT molecular complexity index is 2180. The summed E-state index contributed by atoms with van der Waals surface area (Å²) in [4.78, 5) is 17.0. The minimum atomic E-state index is -3.08. The highest BCUT2D eigenvalue weighted by atomic mass is 32.2. The molecular formula is C53H77N3O6S. The van der Waals surface area contributed by atoms with Crippen LogP contribution in [-0.4, -0.2) is 65.4 Å². The topological polar surface area (TPSA) is 150 Å². The number of nitrogens with one attached hydrogen (secondary N) is 1. The number of carboxylic acid groups (broad SMARTS) is 1. The summed E-state index contributed by atoms with van der Waals surface area (Å²) < 4.78 is 30.5. The van der Waals surface area contributed by atoms with Crippen molar-refractivity contribution in [2.45, 2.75) is 174 Å². The Balaban J connectivity index is 1.00. The fourth-order valence-corrected chi connectivity index (χ4v) is 17.6. The van der Waals surface area contributed by atoms with Gasteiger partial charge in [0.2, 0.25) is 5.88 Å². The molecule has 5 fully saturated rings. The van der Waals surface area contributed by atoms with Crippen LogP contribution in [0.25, 0.3) is 0 Å². The summed E-state index contributed by atoms with van der Waals surface area (Å²) in [5.74, 6) is 2.27. The van der Waals surface area contributed by atoms with Crippen LogP contribution in [-0.2, 0) is 14.6 Å². The van der Waals surface area contributed by atoms with Crippen LogP contribution in [0.15, 0.2) is 53.8 Å². The van der Waals surface area contributed by atoms with E-state index in [0.29, 0.717) is 86.5 Å². The van der Waals surface area contributed by atoms with E-state index in [0.717, 1.165) is 19.4 Å². The number of aliphatic hydroxyl groups is 1. The Labute approximate surface area is 378 Å². The molecule has 7 aliphatic carbocycles. The van der Waals surface area contributed by atoms with E-state index < -0.39 is 26.8 Å². The maximum absolute atomic E-state index is 12.8. The third-order valence-electron chi connectivity index (χ3n) is 20.1. The van der Waals surface area contributed by atoms with E-state index in [1.165, 1.54) is 74.3 Å². The maximum atomic E-state index is 12.8. The zero-order valence-corrected chi connectivity index (χ0v) is 40.3. The lowest BCUT2D eigenvalue weighted by molar-refractivity contribution is -0.222. The highest BCUT2D eigenvalue weighted by molar-refractivity contribution is 7.91. The van der Waals surface area contributed by atoms with Gasteiger partial charge in [0, 0.05) is 18.0 Å². The van der Waals surface area contributed by atoms with Crippen molar-refractivity contribution in [3.05, 3.63) is 59.3 Å². The van der Waals surface area contributed by atoms with Crippen LogP contribution in [0.5, 0.6) is 5.88 Å². The average molecular weight is 884 g/mol. The highest BCUT2D eigenvalue weighted by Crippen LogP contribution is 2.76. The van der Waals surface area contributed by atoms with Gasteiger partial charge in [-0.1, -0.05) is 52.3 Å². The molecule has 3 N–H and O–H groups in total. The molecule has 7 aliphatic rings. The average Bonchev–Trinajstić information content (AvgIpc) is 3.57. The number of fused-ring (bicyclic) bond motifs is 7. The molecule has 0 saturated heterocycles. The van der Waals surface area contributed by atoms with Crippen LogP contribution in [0.1, 0.15) is 163 Å². The molecule has 10 heteroatoms. The van der Waals surface area contributed by atoms with Gasteiger partial charge in [0.15, 0.2) is 0 Å². The molecule has 0 radical (unpaired) electrons. The number of hydrogen-bond donors (Lipinski definition) is 3. The van der Waals surface area contributed by atoms with Crippen molar-refractivity contribution in [3.8, 4) is 11.9 Å². The number of nitrogens with zero attached hydrogens (tertiary/aromatic N) is 2. The Morgan fingerprint density at radius 2 is 1.70 bits per heavy atom. The predicted molar refractivity (Wildman–Crippen MR) is 248 cm³/mol. The van der Waals surface area contributed by atoms with Crippen molar-refractivity contribution in [1.29, 1.82) is 5.26 Å². The van der Waals surface area contributed by atoms with Crippen LogP contribution in [0.2, 0.25) is 0 Å². The summed E-state index contributed by atoms with van der Waals surface area (Å²) in [7, 11) is -3.08. The van der Waals surface area contributed by atoms with Crippen molar-refractivity contribution in [2.75, 3.05) is 19.4 Å². The molecule has 346 valence electrons. The Morgan fingerprint density at radius 3 is 2.35 bits per heavy atom. The Kier molecular flexibility index (Phi) is 12.1. The molecule has 0 aliphatic heterocycles. The van der Waals surface area contributed by atoms with E-state index in [1.54, 1.807) is 18.3 Å². The number of carbonyl (C=O) groups is 1. The molecule has 8 rings (SSSR count). The van der Waals surface area contributed by atoms with Crippen LogP contribution in [0.3, 0.4) is 0 Å². The second kappa shape index (κ2) is 16.4. The molecule has 1 heterocycles. The standard InChI is InChI=1S/C53H77N3O6S/c1-35(2)32-37-15-26-53(56-31-29-52(59)24-16-39(17-25-52)63(8,60)61)28-27-49(6)41(44(37)53)11-12-43-48(5)20-18-40(47(3,4)42(48)19-21-50(43,49)7)36-13-22-51(23-14-36,46(57)58)34-62-45-38(33-54)10-9-30-55-45/h9-10,13,18,30,37,39,41-44,56,59H,1,11-12,14-17,19-29,31-32,34H2,2-8H3,(H,57,58)/t37-,39?,41+,42-,43+,44+,48-,49+,50+,51+,52?,53-/m0/s1. The number of aliphatic carboxylic acids is 1. The highest BCUT2D eigenvalue weighted by Gasteiger charge is 2.70. The van der Waals surface area contributed by atoms with Gasteiger partial charge in [0.25, 0.3) is 0 Å². The lowest BCUT2D eigenvalue weighted by atomic mass is 9.33. The van der Waals surface area contributed by atoms with Crippen LogP contribution in [0.4, 0.5) is 0 Å². The normalized spacial score (nSPS) is 42.0. The smallest absolute Gasteiger partial charge is 0.313 e. The molecule has 0 bridgehead atoms. The number of rotatable bonds is 12. The van der Waals surface area contributed by atoms with Crippen molar-refractivity contribution in [1.82, 2.24) is 10.3 Å². The van der Waals surface area contributed by atoms with Crippen LogP contribution >= 0.6 is 0 Å². The summed E-state index contributed by atoms with van der Waals surface area (Å²) in [6.45, 7) is 20.4.